The molecule has 2 N–H and O–H groups in total. The maximum atomic E-state index is 12.7. The van der Waals surface area contributed by atoms with Crippen molar-refractivity contribution in [2.75, 3.05) is 18.5 Å². The van der Waals surface area contributed by atoms with Crippen LogP contribution in [0.2, 0.25) is 0 Å². The highest BCUT2D eigenvalue weighted by Gasteiger charge is 2.07. The van der Waals surface area contributed by atoms with Crippen LogP contribution in [0, 0.1) is 5.82 Å². The van der Waals surface area contributed by atoms with E-state index >= 15 is 0 Å². The van der Waals surface area contributed by atoms with Gasteiger partial charge in [-0.05, 0) is 58.4 Å². The van der Waals surface area contributed by atoms with Gasteiger partial charge in [0.15, 0.2) is 0 Å². The van der Waals surface area contributed by atoms with Crippen molar-refractivity contribution >= 4 is 37.5 Å². The molecule has 21 heavy (non-hydrogen) atoms. The van der Waals surface area contributed by atoms with Crippen molar-refractivity contribution in [3.8, 4) is 5.75 Å². The summed E-state index contributed by atoms with van der Waals surface area (Å²) in [6.45, 7) is 0.480. The summed E-state index contributed by atoms with van der Waals surface area (Å²) in [7, 11) is 0. The van der Waals surface area contributed by atoms with E-state index in [9.17, 15) is 9.50 Å². The Balaban J connectivity index is 1.79. The van der Waals surface area contributed by atoms with E-state index in [1.807, 2.05) is 18.2 Å². The second-order valence-electron chi connectivity index (χ2n) is 4.42. The van der Waals surface area contributed by atoms with Gasteiger partial charge in [-0.2, -0.15) is 0 Å². The van der Waals surface area contributed by atoms with E-state index in [4.69, 9.17) is 4.74 Å². The summed E-state index contributed by atoms with van der Waals surface area (Å²) in [6, 6.07) is 11.4. The number of ether oxygens (including phenoxy) is 1. The smallest absolute Gasteiger partial charge is 0.123 e. The number of hydrogen-bond acceptors (Lipinski definition) is 3. The van der Waals surface area contributed by atoms with Crippen LogP contribution in [0.1, 0.15) is 0 Å². The molecule has 0 saturated heterocycles. The molecule has 0 amide bonds. The first-order valence-corrected chi connectivity index (χ1v) is 7.88. The van der Waals surface area contributed by atoms with E-state index in [-0.39, 0.29) is 12.4 Å². The molecule has 0 saturated carbocycles. The lowest BCUT2D eigenvalue weighted by Gasteiger charge is -2.15. The summed E-state index contributed by atoms with van der Waals surface area (Å²) >= 11 is 6.82. The van der Waals surface area contributed by atoms with Gasteiger partial charge in [0.05, 0.1) is 0 Å². The minimum absolute atomic E-state index is 0.132. The minimum atomic E-state index is -0.675. The van der Waals surface area contributed by atoms with Gasteiger partial charge in [0.1, 0.15) is 24.3 Å². The predicted molar refractivity (Wildman–Crippen MR) is 88.2 cm³/mol. The van der Waals surface area contributed by atoms with E-state index in [1.54, 1.807) is 0 Å². The normalized spacial score (nSPS) is 12.0. The van der Waals surface area contributed by atoms with Gasteiger partial charge in [0.25, 0.3) is 0 Å². The summed E-state index contributed by atoms with van der Waals surface area (Å²) in [4.78, 5) is 0. The molecular formula is C15H14Br2FNO2. The van der Waals surface area contributed by atoms with Crippen LogP contribution in [0.3, 0.4) is 0 Å². The van der Waals surface area contributed by atoms with Crippen LogP contribution < -0.4 is 10.1 Å². The van der Waals surface area contributed by atoms with Crippen LogP contribution >= 0.6 is 31.9 Å². The van der Waals surface area contributed by atoms with Gasteiger partial charge in [0.2, 0.25) is 0 Å². The minimum Gasteiger partial charge on any atom is -0.491 e. The SMILES string of the molecule is OC(CNc1ccc(Br)cc1Br)COc1ccc(F)cc1. The standard InChI is InChI=1S/C15H14Br2FNO2/c16-10-1-6-15(14(17)7-10)19-8-12(20)9-21-13-4-2-11(18)3-5-13/h1-7,12,19-20H,8-9H2. The first-order valence-electron chi connectivity index (χ1n) is 6.30. The number of anilines is 1. The van der Waals surface area contributed by atoms with E-state index in [2.05, 4.69) is 37.2 Å². The largest absolute Gasteiger partial charge is 0.491 e. The molecule has 6 heteroatoms. The van der Waals surface area contributed by atoms with Crippen LogP contribution in [-0.2, 0) is 0 Å². The number of halogens is 3. The summed E-state index contributed by atoms with van der Waals surface area (Å²) in [5.41, 5.74) is 0.888. The molecule has 1 atom stereocenters. The van der Waals surface area contributed by atoms with Gasteiger partial charge in [-0.25, -0.2) is 4.39 Å². The topological polar surface area (TPSA) is 41.5 Å². The second-order valence-corrected chi connectivity index (χ2v) is 6.19. The lowest BCUT2D eigenvalue weighted by molar-refractivity contribution is 0.117. The third-order valence-corrected chi connectivity index (χ3v) is 3.86. The van der Waals surface area contributed by atoms with Crippen molar-refractivity contribution in [3.63, 3.8) is 0 Å². The maximum absolute atomic E-state index is 12.7. The molecule has 1 unspecified atom stereocenters. The molecule has 0 bridgehead atoms. The fourth-order valence-electron chi connectivity index (χ4n) is 1.64. The van der Waals surface area contributed by atoms with E-state index in [1.165, 1.54) is 24.3 Å². The van der Waals surface area contributed by atoms with Crippen molar-refractivity contribution in [2.45, 2.75) is 6.10 Å². The maximum Gasteiger partial charge on any atom is 0.123 e. The number of benzene rings is 2. The Morgan fingerprint density at radius 3 is 2.52 bits per heavy atom. The Kier molecular flexibility index (Phi) is 6.02. The summed E-state index contributed by atoms with van der Waals surface area (Å²) in [6.07, 6.45) is -0.675. The molecular weight excluding hydrogens is 405 g/mol. The van der Waals surface area contributed by atoms with Gasteiger partial charge >= 0.3 is 0 Å². The highest BCUT2D eigenvalue weighted by Crippen LogP contribution is 2.26. The van der Waals surface area contributed by atoms with Gasteiger partial charge < -0.3 is 15.2 Å². The predicted octanol–water partition coefficient (Wildman–Crippen LogP) is 4.20. The zero-order valence-corrected chi connectivity index (χ0v) is 14.2. The van der Waals surface area contributed by atoms with E-state index < -0.39 is 6.10 Å². The summed E-state index contributed by atoms with van der Waals surface area (Å²) in [5.74, 6) is 0.213. The van der Waals surface area contributed by atoms with Gasteiger partial charge in [-0.1, -0.05) is 15.9 Å². The number of hydrogen-bond donors (Lipinski definition) is 2. The summed E-state index contributed by atoms with van der Waals surface area (Å²) in [5, 5.41) is 13.0. The Morgan fingerprint density at radius 1 is 1.14 bits per heavy atom. The highest BCUT2D eigenvalue weighted by atomic mass is 79.9. The first kappa shape index (κ1) is 16.3. The van der Waals surface area contributed by atoms with E-state index in [0.717, 1.165) is 14.6 Å². The zero-order valence-electron chi connectivity index (χ0n) is 11.0. The molecule has 2 aromatic rings. The van der Waals surface area contributed by atoms with Crippen molar-refractivity contribution in [2.24, 2.45) is 0 Å². The first-order chi connectivity index (χ1) is 10.0. The van der Waals surface area contributed by atoms with E-state index in [0.29, 0.717) is 12.3 Å². The molecule has 2 aromatic carbocycles. The highest BCUT2D eigenvalue weighted by molar-refractivity contribution is 9.11. The molecule has 2 rings (SSSR count). The van der Waals surface area contributed by atoms with Gasteiger partial charge in [0, 0.05) is 21.2 Å². The number of aliphatic hydroxyl groups excluding tert-OH is 1. The quantitative estimate of drug-likeness (QED) is 0.738. The summed E-state index contributed by atoms with van der Waals surface area (Å²) < 4.78 is 20.0. The van der Waals surface area contributed by atoms with Crippen LogP contribution in [-0.4, -0.2) is 24.4 Å². The Morgan fingerprint density at radius 2 is 1.86 bits per heavy atom. The fourth-order valence-corrected chi connectivity index (χ4v) is 2.83. The lowest BCUT2D eigenvalue weighted by Crippen LogP contribution is -2.26. The number of nitrogens with one attached hydrogen (secondary N) is 1. The Labute approximate surface area is 139 Å². The van der Waals surface area contributed by atoms with Crippen molar-refractivity contribution in [1.82, 2.24) is 0 Å². The third kappa shape index (κ3) is 5.30. The second kappa shape index (κ2) is 7.77. The Bertz CT molecular complexity index is 593. The van der Waals surface area contributed by atoms with Crippen LogP contribution in [0.4, 0.5) is 10.1 Å². The molecule has 0 heterocycles. The van der Waals surface area contributed by atoms with Crippen molar-refractivity contribution in [1.29, 1.82) is 0 Å². The van der Waals surface area contributed by atoms with Gasteiger partial charge in [-0.15, -0.1) is 0 Å². The molecule has 0 aromatic heterocycles. The van der Waals surface area contributed by atoms with Crippen LogP contribution in [0.25, 0.3) is 0 Å². The molecule has 0 aliphatic carbocycles. The number of rotatable bonds is 6. The molecule has 0 aliphatic heterocycles. The van der Waals surface area contributed by atoms with Crippen LogP contribution in [0.5, 0.6) is 5.75 Å². The molecule has 0 aliphatic rings. The van der Waals surface area contributed by atoms with Crippen LogP contribution in [0.15, 0.2) is 51.4 Å². The molecule has 112 valence electrons. The number of aliphatic hydroxyl groups is 1. The average Bonchev–Trinajstić information content (AvgIpc) is 2.46. The fraction of sp³-hybridized carbons (Fsp3) is 0.200. The third-order valence-electron chi connectivity index (χ3n) is 2.72. The Hall–Kier alpha value is -1.11. The zero-order chi connectivity index (χ0) is 15.2. The molecule has 0 radical (unpaired) electrons. The molecule has 0 spiro atoms. The monoisotopic (exact) mass is 417 g/mol. The van der Waals surface area contributed by atoms with Crippen molar-refractivity contribution in [3.05, 3.63) is 57.2 Å². The average molecular weight is 419 g/mol. The lowest BCUT2D eigenvalue weighted by atomic mass is 10.3. The molecule has 3 nitrogen and oxygen atoms in total. The van der Waals surface area contributed by atoms with Crippen molar-refractivity contribution < 1.29 is 14.2 Å². The molecule has 0 fully saturated rings. The van der Waals surface area contributed by atoms with Gasteiger partial charge in [-0.3, -0.25) is 0 Å².